The van der Waals surface area contributed by atoms with Gasteiger partial charge in [0.2, 0.25) is 10.0 Å². The van der Waals surface area contributed by atoms with Crippen molar-refractivity contribution in [1.82, 2.24) is 10.0 Å². The quantitative estimate of drug-likeness (QED) is 0.626. The van der Waals surface area contributed by atoms with Crippen LogP contribution in [0.15, 0.2) is 0 Å². The molecule has 1 fully saturated rings. The van der Waals surface area contributed by atoms with E-state index in [4.69, 9.17) is 4.74 Å². The van der Waals surface area contributed by atoms with Crippen molar-refractivity contribution in [1.29, 1.82) is 0 Å². The van der Waals surface area contributed by atoms with Gasteiger partial charge in [0.1, 0.15) is 0 Å². The van der Waals surface area contributed by atoms with Crippen LogP contribution in [0.4, 0.5) is 0 Å². The molecule has 0 radical (unpaired) electrons. The van der Waals surface area contributed by atoms with Crippen LogP contribution in [0.25, 0.3) is 0 Å². The number of nitrogens with one attached hydrogen (secondary N) is 2. The molecule has 1 aliphatic heterocycles. The molecule has 1 aliphatic rings. The minimum atomic E-state index is -3.22. The van der Waals surface area contributed by atoms with E-state index < -0.39 is 15.3 Å². The molecule has 1 rings (SSSR count). The molecular weight excluding hydrogens is 240 g/mol. The molecule has 0 aromatic carbocycles. The highest BCUT2D eigenvalue weighted by atomic mass is 32.2. The van der Waals surface area contributed by atoms with Gasteiger partial charge in [0.25, 0.3) is 0 Å². The standard InChI is InChI=1S/C11H24N2O3S/c1-3-6-12-8-10(2)17(14,15)13-9-11-5-4-7-16-11/h10-13H,3-9H2,1-2H3. The molecule has 2 atom stereocenters. The number of hydrogen-bond donors (Lipinski definition) is 2. The first-order valence-corrected chi connectivity index (χ1v) is 7.91. The van der Waals surface area contributed by atoms with Gasteiger partial charge in [-0.25, -0.2) is 13.1 Å². The first-order valence-electron chi connectivity index (χ1n) is 6.37. The van der Waals surface area contributed by atoms with E-state index >= 15 is 0 Å². The van der Waals surface area contributed by atoms with E-state index in [0.29, 0.717) is 13.1 Å². The summed E-state index contributed by atoms with van der Waals surface area (Å²) in [4.78, 5) is 0. The summed E-state index contributed by atoms with van der Waals surface area (Å²) in [5, 5.41) is 2.71. The van der Waals surface area contributed by atoms with Crippen molar-refractivity contribution in [3.63, 3.8) is 0 Å². The fourth-order valence-corrected chi connectivity index (χ4v) is 2.79. The highest BCUT2D eigenvalue weighted by Crippen LogP contribution is 2.11. The third-order valence-corrected chi connectivity index (χ3v) is 4.72. The molecule has 0 bridgehead atoms. The van der Waals surface area contributed by atoms with E-state index in [1.54, 1.807) is 6.92 Å². The normalized spacial score (nSPS) is 22.8. The van der Waals surface area contributed by atoms with Gasteiger partial charge in [-0.3, -0.25) is 0 Å². The Kier molecular flexibility index (Phi) is 6.40. The highest BCUT2D eigenvalue weighted by molar-refractivity contribution is 7.90. The molecule has 17 heavy (non-hydrogen) atoms. The maximum Gasteiger partial charge on any atom is 0.215 e. The van der Waals surface area contributed by atoms with Crippen LogP contribution in [0, 0.1) is 0 Å². The van der Waals surface area contributed by atoms with Crippen molar-refractivity contribution >= 4 is 10.0 Å². The topological polar surface area (TPSA) is 67.4 Å². The molecule has 0 spiro atoms. The summed E-state index contributed by atoms with van der Waals surface area (Å²) in [6, 6.07) is 0. The van der Waals surface area contributed by atoms with Crippen molar-refractivity contribution < 1.29 is 13.2 Å². The fraction of sp³-hybridized carbons (Fsp3) is 1.00. The van der Waals surface area contributed by atoms with Gasteiger partial charge in [-0.2, -0.15) is 0 Å². The van der Waals surface area contributed by atoms with E-state index in [2.05, 4.69) is 17.0 Å². The molecule has 0 aromatic rings. The van der Waals surface area contributed by atoms with Crippen LogP contribution in [0.1, 0.15) is 33.1 Å². The van der Waals surface area contributed by atoms with Crippen LogP contribution in [0.2, 0.25) is 0 Å². The lowest BCUT2D eigenvalue weighted by molar-refractivity contribution is 0.114. The van der Waals surface area contributed by atoms with Gasteiger partial charge < -0.3 is 10.1 Å². The molecule has 0 saturated carbocycles. The maximum absolute atomic E-state index is 11.9. The number of ether oxygens (including phenoxy) is 1. The Bertz CT molecular complexity index is 300. The largest absolute Gasteiger partial charge is 0.377 e. The van der Waals surface area contributed by atoms with Gasteiger partial charge in [0, 0.05) is 19.7 Å². The van der Waals surface area contributed by atoms with Gasteiger partial charge in [-0.05, 0) is 32.7 Å². The second-order valence-electron chi connectivity index (χ2n) is 4.54. The van der Waals surface area contributed by atoms with Crippen LogP contribution in [-0.2, 0) is 14.8 Å². The fourth-order valence-electron chi connectivity index (χ4n) is 1.75. The Morgan fingerprint density at radius 1 is 1.47 bits per heavy atom. The van der Waals surface area contributed by atoms with Crippen molar-refractivity contribution in [2.75, 3.05) is 26.2 Å². The van der Waals surface area contributed by atoms with E-state index in [1.807, 2.05) is 0 Å². The molecule has 102 valence electrons. The maximum atomic E-state index is 11.9. The molecule has 0 amide bonds. The van der Waals surface area contributed by atoms with Gasteiger partial charge in [-0.15, -0.1) is 0 Å². The lowest BCUT2D eigenvalue weighted by Crippen LogP contribution is -2.41. The zero-order valence-electron chi connectivity index (χ0n) is 10.7. The summed E-state index contributed by atoms with van der Waals surface area (Å²) in [6.07, 6.45) is 3.04. The van der Waals surface area contributed by atoms with Gasteiger partial charge in [-0.1, -0.05) is 6.92 Å². The van der Waals surface area contributed by atoms with Gasteiger partial charge >= 0.3 is 0 Å². The Morgan fingerprint density at radius 3 is 2.82 bits per heavy atom. The Morgan fingerprint density at radius 2 is 2.24 bits per heavy atom. The molecule has 1 heterocycles. The van der Waals surface area contributed by atoms with Crippen LogP contribution < -0.4 is 10.0 Å². The zero-order valence-corrected chi connectivity index (χ0v) is 11.6. The summed E-state index contributed by atoms with van der Waals surface area (Å²) in [5.41, 5.74) is 0. The summed E-state index contributed by atoms with van der Waals surface area (Å²) in [6.45, 7) is 6.28. The van der Waals surface area contributed by atoms with Crippen molar-refractivity contribution in [3.8, 4) is 0 Å². The minimum absolute atomic E-state index is 0.0561. The molecular formula is C11H24N2O3S. The van der Waals surface area contributed by atoms with Gasteiger partial charge in [0.15, 0.2) is 0 Å². The minimum Gasteiger partial charge on any atom is -0.377 e. The number of sulfonamides is 1. The number of rotatable bonds is 8. The van der Waals surface area contributed by atoms with Crippen LogP contribution in [-0.4, -0.2) is 46.0 Å². The Hall–Kier alpha value is -0.170. The predicted molar refractivity (Wildman–Crippen MR) is 68.5 cm³/mol. The summed E-state index contributed by atoms with van der Waals surface area (Å²) < 4.78 is 31.8. The molecule has 6 heteroatoms. The molecule has 0 aliphatic carbocycles. The van der Waals surface area contributed by atoms with Crippen LogP contribution in [0.3, 0.4) is 0 Å². The zero-order chi connectivity index (χ0) is 12.7. The second kappa shape index (κ2) is 7.31. The summed E-state index contributed by atoms with van der Waals surface area (Å²) in [5.74, 6) is 0. The van der Waals surface area contributed by atoms with Crippen LogP contribution in [0.5, 0.6) is 0 Å². The number of hydrogen-bond acceptors (Lipinski definition) is 4. The molecule has 0 aromatic heterocycles. The SMILES string of the molecule is CCCNCC(C)S(=O)(=O)NCC1CCCO1. The third-order valence-electron chi connectivity index (χ3n) is 2.92. The van der Waals surface area contributed by atoms with Crippen molar-refractivity contribution in [3.05, 3.63) is 0 Å². The lowest BCUT2D eigenvalue weighted by Gasteiger charge is -2.16. The molecule has 2 unspecified atom stereocenters. The monoisotopic (exact) mass is 264 g/mol. The van der Waals surface area contributed by atoms with Gasteiger partial charge in [0.05, 0.1) is 11.4 Å². The average Bonchev–Trinajstić information content (AvgIpc) is 2.79. The third kappa shape index (κ3) is 5.33. The first kappa shape index (κ1) is 14.9. The van der Waals surface area contributed by atoms with E-state index in [0.717, 1.165) is 32.4 Å². The predicted octanol–water partition coefficient (Wildman–Crippen LogP) is 0.473. The van der Waals surface area contributed by atoms with Crippen LogP contribution >= 0.6 is 0 Å². The van der Waals surface area contributed by atoms with E-state index in [9.17, 15) is 8.42 Å². The van der Waals surface area contributed by atoms with Crippen molar-refractivity contribution in [2.24, 2.45) is 0 Å². The van der Waals surface area contributed by atoms with Crippen molar-refractivity contribution in [2.45, 2.75) is 44.5 Å². The Labute approximate surface area is 104 Å². The summed E-state index contributed by atoms with van der Waals surface area (Å²) >= 11 is 0. The van der Waals surface area contributed by atoms with E-state index in [1.165, 1.54) is 0 Å². The highest BCUT2D eigenvalue weighted by Gasteiger charge is 2.23. The lowest BCUT2D eigenvalue weighted by atomic mass is 10.2. The molecule has 2 N–H and O–H groups in total. The Balaban J connectivity index is 2.27. The summed E-state index contributed by atoms with van der Waals surface area (Å²) in [7, 11) is -3.22. The molecule has 1 saturated heterocycles. The van der Waals surface area contributed by atoms with E-state index in [-0.39, 0.29) is 6.10 Å². The smallest absolute Gasteiger partial charge is 0.215 e. The average molecular weight is 264 g/mol. The first-order chi connectivity index (χ1) is 8.06. The molecule has 5 nitrogen and oxygen atoms in total. The second-order valence-corrected chi connectivity index (χ2v) is 6.73.